The second kappa shape index (κ2) is 7.80. The van der Waals surface area contributed by atoms with Crippen LogP contribution in [0, 0.1) is 0 Å². The van der Waals surface area contributed by atoms with E-state index in [2.05, 4.69) is 4.98 Å². The van der Waals surface area contributed by atoms with Gasteiger partial charge in [0.1, 0.15) is 5.75 Å². The lowest BCUT2D eigenvalue weighted by molar-refractivity contribution is 0.0476. The van der Waals surface area contributed by atoms with Gasteiger partial charge in [0.2, 0.25) is 0 Å². The molecule has 0 spiro atoms. The second-order valence-corrected chi connectivity index (χ2v) is 6.84. The van der Waals surface area contributed by atoms with E-state index in [4.69, 9.17) is 9.47 Å². The fourth-order valence-corrected chi connectivity index (χ4v) is 3.15. The number of ether oxygens (including phenoxy) is 2. The minimum atomic E-state index is -0.500. The quantitative estimate of drug-likeness (QED) is 0.448. The van der Waals surface area contributed by atoms with Crippen molar-refractivity contribution in [2.45, 2.75) is 25.7 Å². The highest BCUT2D eigenvalue weighted by atomic mass is 16.5. The van der Waals surface area contributed by atoms with Gasteiger partial charge in [0.15, 0.2) is 12.4 Å². The third-order valence-electron chi connectivity index (χ3n) is 4.77. The van der Waals surface area contributed by atoms with E-state index < -0.39 is 5.97 Å². The Morgan fingerprint density at radius 1 is 1.07 bits per heavy atom. The number of benzene rings is 2. The summed E-state index contributed by atoms with van der Waals surface area (Å²) in [5.74, 6) is 0.366. The van der Waals surface area contributed by atoms with Crippen LogP contribution in [0.1, 0.15) is 52.1 Å². The Hall–Kier alpha value is -3.21. The molecule has 5 heteroatoms. The van der Waals surface area contributed by atoms with Gasteiger partial charge in [-0.3, -0.25) is 9.78 Å². The minimum Gasteiger partial charge on any atom is -0.494 e. The molecule has 1 heterocycles. The summed E-state index contributed by atoms with van der Waals surface area (Å²) in [5.41, 5.74) is 2.64. The molecule has 0 saturated heterocycles. The molecule has 3 aromatic rings. The maximum Gasteiger partial charge on any atom is 0.339 e. The van der Waals surface area contributed by atoms with Crippen LogP contribution >= 0.6 is 0 Å². The highest BCUT2D eigenvalue weighted by molar-refractivity contribution is 6.05. The third kappa shape index (κ3) is 3.88. The second-order valence-electron chi connectivity index (χ2n) is 6.84. The topological polar surface area (TPSA) is 65.5 Å². The molecule has 5 nitrogen and oxygen atoms in total. The number of carbonyl (C=O) groups excluding carboxylic acids is 2. The zero-order chi connectivity index (χ0) is 19.5. The van der Waals surface area contributed by atoms with Crippen molar-refractivity contribution < 1.29 is 19.1 Å². The van der Waals surface area contributed by atoms with Gasteiger partial charge < -0.3 is 9.47 Å². The molecule has 0 amide bonds. The molecule has 1 fully saturated rings. The predicted octanol–water partition coefficient (Wildman–Crippen LogP) is 4.55. The number of carbonyl (C=O) groups is 2. The summed E-state index contributed by atoms with van der Waals surface area (Å²) in [7, 11) is 0. The summed E-state index contributed by atoms with van der Waals surface area (Å²) in [5, 5.41) is 0.741. The zero-order valence-electron chi connectivity index (χ0n) is 15.7. The predicted molar refractivity (Wildman–Crippen MR) is 106 cm³/mol. The summed E-state index contributed by atoms with van der Waals surface area (Å²) >= 11 is 0. The summed E-state index contributed by atoms with van der Waals surface area (Å²) in [4.78, 5) is 29.7. The molecule has 0 unspecified atom stereocenters. The van der Waals surface area contributed by atoms with Crippen LogP contribution in [0.2, 0.25) is 0 Å². The van der Waals surface area contributed by atoms with Crippen LogP contribution in [0.15, 0.2) is 54.6 Å². The zero-order valence-corrected chi connectivity index (χ0v) is 15.7. The van der Waals surface area contributed by atoms with Crippen LogP contribution in [-0.4, -0.2) is 30.0 Å². The smallest absolute Gasteiger partial charge is 0.339 e. The van der Waals surface area contributed by atoms with Crippen molar-refractivity contribution in [2.24, 2.45) is 0 Å². The average Bonchev–Trinajstić information content (AvgIpc) is 3.57. The fourth-order valence-electron chi connectivity index (χ4n) is 3.15. The molecule has 1 aliphatic carbocycles. The average molecular weight is 375 g/mol. The third-order valence-corrected chi connectivity index (χ3v) is 4.77. The first-order chi connectivity index (χ1) is 13.7. The SMILES string of the molecule is CCOc1ccc(C(=O)COC(=O)c2cc(C3CC3)nc3ccccc23)cc1. The van der Waals surface area contributed by atoms with Crippen molar-refractivity contribution in [3.63, 3.8) is 0 Å². The van der Waals surface area contributed by atoms with Crippen LogP contribution < -0.4 is 4.74 Å². The molecule has 1 saturated carbocycles. The highest BCUT2D eigenvalue weighted by Gasteiger charge is 2.27. The summed E-state index contributed by atoms with van der Waals surface area (Å²) < 4.78 is 10.7. The van der Waals surface area contributed by atoms with Crippen LogP contribution in [0.5, 0.6) is 5.75 Å². The molecule has 142 valence electrons. The lowest BCUT2D eigenvalue weighted by atomic mass is 10.1. The molecule has 0 radical (unpaired) electrons. The van der Waals surface area contributed by atoms with Gasteiger partial charge in [-0.2, -0.15) is 0 Å². The van der Waals surface area contributed by atoms with E-state index in [0.717, 1.165) is 29.4 Å². The number of para-hydroxylation sites is 1. The Labute approximate surface area is 163 Å². The van der Waals surface area contributed by atoms with Crippen LogP contribution in [0.4, 0.5) is 0 Å². The number of hydrogen-bond acceptors (Lipinski definition) is 5. The standard InChI is InChI=1S/C23H21NO4/c1-2-27-17-11-9-16(10-12-17)22(25)14-28-23(26)19-13-21(15-7-8-15)24-20-6-4-3-5-18(19)20/h3-6,9-13,15H,2,7-8,14H2,1H3. The fraction of sp³-hybridized carbons (Fsp3) is 0.261. The van der Waals surface area contributed by atoms with E-state index in [1.165, 1.54) is 0 Å². The van der Waals surface area contributed by atoms with E-state index in [0.29, 0.717) is 29.4 Å². The molecule has 0 N–H and O–H groups in total. The molecular formula is C23H21NO4. The lowest BCUT2D eigenvalue weighted by Gasteiger charge is -2.10. The minimum absolute atomic E-state index is 0.253. The monoisotopic (exact) mass is 375 g/mol. The number of pyridine rings is 1. The number of hydrogen-bond donors (Lipinski definition) is 0. The number of Topliss-reactive ketones (excluding diaryl/α,β-unsaturated/α-hetero) is 1. The first-order valence-corrected chi connectivity index (χ1v) is 9.48. The molecule has 0 atom stereocenters. The van der Waals surface area contributed by atoms with E-state index in [-0.39, 0.29) is 12.4 Å². The molecule has 4 rings (SSSR count). The number of ketones is 1. The molecular weight excluding hydrogens is 354 g/mol. The van der Waals surface area contributed by atoms with E-state index >= 15 is 0 Å². The van der Waals surface area contributed by atoms with E-state index in [9.17, 15) is 9.59 Å². The number of fused-ring (bicyclic) bond motifs is 1. The van der Waals surface area contributed by atoms with Crippen LogP contribution in [0.25, 0.3) is 10.9 Å². The van der Waals surface area contributed by atoms with Crippen molar-refractivity contribution >= 4 is 22.7 Å². The van der Waals surface area contributed by atoms with Gasteiger partial charge in [-0.25, -0.2) is 4.79 Å². The van der Waals surface area contributed by atoms with E-state index in [1.807, 2.05) is 37.3 Å². The molecule has 1 aliphatic rings. The van der Waals surface area contributed by atoms with Gasteiger partial charge in [-0.05, 0) is 56.2 Å². The largest absolute Gasteiger partial charge is 0.494 e. The van der Waals surface area contributed by atoms with Crippen molar-refractivity contribution in [1.82, 2.24) is 4.98 Å². The summed E-state index contributed by atoms with van der Waals surface area (Å²) in [6.07, 6.45) is 2.19. The normalized spacial score (nSPS) is 13.3. The Bertz CT molecular complexity index is 1020. The summed E-state index contributed by atoms with van der Waals surface area (Å²) in [6.45, 7) is 2.16. The highest BCUT2D eigenvalue weighted by Crippen LogP contribution is 2.40. The Balaban J connectivity index is 1.50. The van der Waals surface area contributed by atoms with Gasteiger partial charge in [0, 0.05) is 22.6 Å². The maximum atomic E-state index is 12.7. The van der Waals surface area contributed by atoms with Gasteiger partial charge in [0.05, 0.1) is 17.7 Å². The number of esters is 1. The van der Waals surface area contributed by atoms with Gasteiger partial charge >= 0.3 is 5.97 Å². The molecule has 0 bridgehead atoms. The maximum absolute atomic E-state index is 12.7. The molecule has 1 aromatic heterocycles. The Morgan fingerprint density at radius 2 is 1.82 bits per heavy atom. The van der Waals surface area contributed by atoms with Crippen molar-refractivity contribution in [1.29, 1.82) is 0 Å². The molecule has 0 aliphatic heterocycles. The van der Waals surface area contributed by atoms with Crippen LogP contribution in [0.3, 0.4) is 0 Å². The van der Waals surface area contributed by atoms with Gasteiger partial charge in [0.25, 0.3) is 0 Å². The van der Waals surface area contributed by atoms with Gasteiger partial charge in [-0.1, -0.05) is 18.2 Å². The lowest BCUT2D eigenvalue weighted by Crippen LogP contribution is -2.15. The first-order valence-electron chi connectivity index (χ1n) is 9.48. The van der Waals surface area contributed by atoms with Crippen LogP contribution in [-0.2, 0) is 4.74 Å². The molecule has 2 aromatic carbocycles. The van der Waals surface area contributed by atoms with E-state index in [1.54, 1.807) is 24.3 Å². The van der Waals surface area contributed by atoms with Gasteiger partial charge in [-0.15, -0.1) is 0 Å². The van der Waals surface area contributed by atoms with Crippen molar-refractivity contribution in [3.05, 3.63) is 71.4 Å². The number of nitrogens with zero attached hydrogens (tertiary/aromatic N) is 1. The first kappa shape index (κ1) is 18.2. The molecule has 28 heavy (non-hydrogen) atoms. The van der Waals surface area contributed by atoms with Crippen molar-refractivity contribution in [2.75, 3.05) is 13.2 Å². The Morgan fingerprint density at radius 3 is 2.54 bits per heavy atom. The Kier molecular flexibility index (Phi) is 5.06. The summed E-state index contributed by atoms with van der Waals surface area (Å²) in [6, 6.07) is 16.1. The number of rotatable bonds is 7. The number of aromatic nitrogens is 1. The van der Waals surface area contributed by atoms with Crippen molar-refractivity contribution in [3.8, 4) is 5.75 Å².